The number of aromatic amines is 1. The average Bonchev–Trinajstić information content (AvgIpc) is 2.96. The van der Waals surface area contributed by atoms with Crippen LogP contribution in [0, 0.1) is 13.8 Å². The molecule has 6 nitrogen and oxygen atoms in total. The van der Waals surface area contributed by atoms with Crippen molar-refractivity contribution in [2.45, 2.75) is 25.2 Å². The van der Waals surface area contributed by atoms with Crippen molar-refractivity contribution in [3.63, 3.8) is 0 Å². The molecule has 2 N–H and O–H groups in total. The van der Waals surface area contributed by atoms with Crippen molar-refractivity contribution in [3.8, 4) is 11.5 Å². The summed E-state index contributed by atoms with van der Waals surface area (Å²) in [5.74, 6) is 1.44. The molecule has 7 heteroatoms. The third kappa shape index (κ3) is 3.94. The van der Waals surface area contributed by atoms with Crippen molar-refractivity contribution in [3.05, 3.63) is 53.2 Å². The van der Waals surface area contributed by atoms with E-state index in [-0.39, 0.29) is 4.90 Å². The maximum absolute atomic E-state index is 12.6. The molecule has 0 saturated heterocycles. The minimum atomic E-state index is -3.58. The number of nitrogens with one attached hydrogen (secondary N) is 2. The SMILES string of the molecule is COc1ccc2[nH]c(C)c(CCNS(=O)(=O)c3ccc(OC)c(C)c3)c2c1. The van der Waals surface area contributed by atoms with Gasteiger partial charge in [0, 0.05) is 23.1 Å². The molecule has 1 aromatic heterocycles. The third-order valence-electron chi connectivity index (χ3n) is 4.67. The number of benzene rings is 2. The lowest BCUT2D eigenvalue weighted by Gasteiger charge is -2.10. The molecule has 3 rings (SSSR count). The van der Waals surface area contributed by atoms with E-state index in [1.54, 1.807) is 32.4 Å². The Kier molecular flexibility index (Phi) is 5.43. The molecule has 0 radical (unpaired) electrons. The van der Waals surface area contributed by atoms with Gasteiger partial charge in [0.2, 0.25) is 10.0 Å². The number of hydrogen-bond acceptors (Lipinski definition) is 4. The number of aryl methyl sites for hydroxylation is 2. The van der Waals surface area contributed by atoms with E-state index < -0.39 is 10.0 Å². The minimum absolute atomic E-state index is 0.234. The predicted octanol–water partition coefficient (Wildman–Crippen LogP) is 3.32. The van der Waals surface area contributed by atoms with Crippen LogP contribution in [0.1, 0.15) is 16.8 Å². The highest BCUT2D eigenvalue weighted by molar-refractivity contribution is 7.89. The third-order valence-corrected chi connectivity index (χ3v) is 6.13. The highest BCUT2D eigenvalue weighted by Crippen LogP contribution is 2.27. The van der Waals surface area contributed by atoms with Crippen LogP contribution < -0.4 is 14.2 Å². The van der Waals surface area contributed by atoms with E-state index in [4.69, 9.17) is 9.47 Å². The number of ether oxygens (including phenoxy) is 2. The van der Waals surface area contributed by atoms with E-state index >= 15 is 0 Å². The normalized spacial score (nSPS) is 11.7. The van der Waals surface area contributed by atoms with Crippen molar-refractivity contribution in [2.75, 3.05) is 20.8 Å². The van der Waals surface area contributed by atoms with Crippen LogP contribution in [0.4, 0.5) is 0 Å². The topological polar surface area (TPSA) is 80.4 Å². The van der Waals surface area contributed by atoms with Crippen molar-refractivity contribution in [1.29, 1.82) is 0 Å². The standard InChI is InChI=1S/C20H24N2O4S/c1-13-11-16(6-8-20(13)26-4)27(23,24)21-10-9-17-14(2)22-19-7-5-15(25-3)12-18(17)19/h5-8,11-12,21-22H,9-10H2,1-4H3. The Balaban J connectivity index is 1.77. The van der Waals surface area contributed by atoms with Crippen LogP contribution >= 0.6 is 0 Å². The summed E-state index contributed by atoms with van der Waals surface area (Å²) in [6, 6.07) is 10.7. The number of fused-ring (bicyclic) bond motifs is 1. The largest absolute Gasteiger partial charge is 0.497 e. The summed E-state index contributed by atoms with van der Waals surface area (Å²) in [4.78, 5) is 3.57. The van der Waals surface area contributed by atoms with Gasteiger partial charge in [-0.2, -0.15) is 0 Å². The van der Waals surface area contributed by atoms with Crippen molar-refractivity contribution in [1.82, 2.24) is 9.71 Å². The maximum Gasteiger partial charge on any atom is 0.240 e. The van der Waals surface area contributed by atoms with Gasteiger partial charge in [-0.25, -0.2) is 13.1 Å². The van der Waals surface area contributed by atoms with Crippen LogP contribution in [0.15, 0.2) is 41.3 Å². The maximum atomic E-state index is 12.6. The van der Waals surface area contributed by atoms with Gasteiger partial charge in [-0.05, 0) is 67.8 Å². The molecule has 0 atom stereocenters. The van der Waals surface area contributed by atoms with Gasteiger partial charge in [0.25, 0.3) is 0 Å². The number of aromatic nitrogens is 1. The molecule has 27 heavy (non-hydrogen) atoms. The Hall–Kier alpha value is -2.51. The first-order chi connectivity index (χ1) is 12.9. The summed E-state index contributed by atoms with van der Waals surface area (Å²) in [5.41, 5.74) is 3.90. The van der Waals surface area contributed by atoms with Crippen LogP contribution in [0.5, 0.6) is 11.5 Å². The first-order valence-corrected chi connectivity index (χ1v) is 10.1. The van der Waals surface area contributed by atoms with E-state index in [1.165, 1.54) is 0 Å². The van der Waals surface area contributed by atoms with E-state index in [0.717, 1.165) is 33.5 Å². The van der Waals surface area contributed by atoms with Gasteiger partial charge in [0.05, 0.1) is 19.1 Å². The lowest BCUT2D eigenvalue weighted by atomic mass is 10.1. The summed E-state index contributed by atoms with van der Waals surface area (Å²) in [6.07, 6.45) is 0.577. The Morgan fingerprint density at radius 3 is 2.48 bits per heavy atom. The van der Waals surface area contributed by atoms with E-state index in [9.17, 15) is 8.42 Å². The van der Waals surface area contributed by atoms with Crippen molar-refractivity contribution in [2.24, 2.45) is 0 Å². The fraction of sp³-hybridized carbons (Fsp3) is 0.300. The number of H-pyrrole nitrogens is 1. The Labute approximate surface area is 159 Å². The van der Waals surface area contributed by atoms with Gasteiger partial charge in [-0.3, -0.25) is 0 Å². The summed E-state index contributed by atoms with van der Waals surface area (Å²) < 4.78 is 38.3. The summed E-state index contributed by atoms with van der Waals surface area (Å²) in [7, 11) is -0.387. The van der Waals surface area contributed by atoms with Gasteiger partial charge < -0.3 is 14.5 Å². The van der Waals surface area contributed by atoms with Crippen molar-refractivity contribution >= 4 is 20.9 Å². The first kappa shape index (κ1) is 19.3. The molecule has 1 heterocycles. The predicted molar refractivity (Wildman–Crippen MR) is 106 cm³/mol. The summed E-state index contributed by atoms with van der Waals surface area (Å²) >= 11 is 0. The number of rotatable bonds is 7. The van der Waals surface area contributed by atoms with Crippen LogP contribution in [0.3, 0.4) is 0 Å². The fourth-order valence-electron chi connectivity index (χ4n) is 3.22. The number of hydrogen-bond donors (Lipinski definition) is 2. The molecule has 0 saturated carbocycles. The minimum Gasteiger partial charge on any atom is -0.497 e. The molecule has 0 spiro atoms. The lowest BCUT2D eigenvalue weighted by molar-refractivity contribution is 0.411. The van der Waals surface area contributed by atoms with E-state index in [2.05, 4.69) is 9.71 Å². The quantitative estimate of drug-likeness (QED) is 0.651. The monoisotopic (exact) mass is 388 g/mol. The molecule has 0 unspecified atom stereocenters. The van der Waals surface area contributed by atoms with Crippen LogP contribution in [-0.4, -0.2) is 34.2 Å². The second-order valence-electron chi connectivity index (χ2n) is 6.42. The van der Waals surface area contributed by atoms with Crippen LogP contribution in [0.2, 0.25) is 0 Å². The second kappa shape index (κ2) is 7.62. The zero-order valence-corrected chi connectivity index (χ0v) is 16.7. The van der Waals surface area contributed by atoms with Crippen LogP contribution in [0.25, 0.3) is 10.9 Å². The lowest BCUT2D eigenvalue weighted by Crippen LogP contribution is -2.26. The molecule has 0 fully saturated rings. The first-order valence-electron chi connectivity index (χ1n) is 8.65. The molecule has 2 aromatic carbocycles. The molecule has 0 bridgehead atoms. The number of sulfonamides is 1. The van der Waals surface area contributed by atoms with Gasteiger partial charge in [0.1, 0.15) is 11.5 Å². The molecule has 0 aliphatic rings. The molecular formula is C20H24N2O4S. The Morgan fingerprint density at radius 1 is 1.04 bits per heavy atom. The molecule has 0 amide bonds. The van der Waals surface area contributed by atoms with Gasteiger partial charge in [-0.15, -0.1) is 0 Å². The smallest absolute Gasteiger partial charge is 0.240 e. The van der Waals surface area contributed by atoms with Gasteiger partial charge >= 0.3 is 0 Å². The van der Waals surface area contributed by atoms with E-state index in [0.29, 0.717) is 18.7 Å². The van der Waals surface area contributed by atoms with Crippen molar-refractivity contribution < 1.29 is 17.9 Å². The van der Waals surface area contributed by atoms with Crippen LogP contribution in [-0.2, 0) is 16.4 Å². The molecule has 0 aliphatic heterocycles. The number of methoxy groups -OCH3 is 2. The molecule has 0 aliphatic carbocycles. The molecule has 144 valence electrons. The Bertz CT molecular complexity index is 1070. The summed E-state index contributed by atoms with van der Waals surface area (Å²) in [5, 5.41) is 1.05. The second-order valence-corrected chi connectivity index (χ2v) is 8.19. The fourth-order valence-corrected chi connectivity index (χ4v) is 4.34. The molecule has 3 aromatic rings. The van der Waals surface area contributed by atoms with Gasteiger partial charge in [0.15, 0.2) is 0 Å². The van der Waals surface area contributed by atoms with E-state index in [1.807, 2.05) is 32.0 Å². The Morgan fingerprint density at radius 2 is 1.81 bits per heavy atom. The molecular weight excluding hydrogens is 364 g/mol. The van der Waals surface area contributed by atoms with Gasteiger partial charge in [-0.1, -0.05) is 0 Å². The summed E-state index contributed by atoms with van der Waals surface area (Å²) in [6.45, 7) is 4.11. The highest BCUT2D eigenvalue weighted by atomic mass is 32.2. The average molecular weight is 388 g/mol. The zero-order valence-electron chi connectivity index (χ0n) is 15.9. The zero-order chi connectivity index (χ0) is 19.6. The highest BCUT2D eigenvalue weighted by Gasteiger charge is 2.16.